The highest BCUT2D eigenvalue weighted by atomic mass is 79.9. The minimum atomic E-state index is -0.370. The van der Waals surface area contributed by atoms with E-state index in [2.05, 4.69) is 25.9 Å². The first-order valence-corrected chi connectivity index (χ1v) is 4.99. The Morgan fingerprint density at radius 2 is 1.93 bits per heavy atom. The van der Waals surface area contributed by atoms with Gasteiger partial charge in [0.05, 0.1) is 0 Å². The molecule has 76 valence electrons. The van der Waals surface area contributed by atoms with Gasteiger partial charge in [-0.1, -0.05) is 15.9 Å². The maximum absolute atomic E-state index is 13.5. The maximum Gasteiger partial charge on any atom is 0.150 e. The molecule has 2 aromatic rings. The summed E-state index contributed by atoms with van der Waals surface area (Å²) in [4.78, 5) is 7.86. The molecule has 0 atom stereocenters. The molecule has 0 bridgehead atoms. The normalized spacial score (nSPS) is 10.3. The van der Waals surface area contributed by atoms with Gasteiger partial charge in [0.2, 0.25) is 0 Å². The lowest BCUT2D eigenvalue weighted by atomic mass is 10.1. The van der Waals surface area contributed by atoms with Gasteiger partial charge in [-0.05, 0) is 18.2 Å². The SMILES string of the molecule is Nc1nccnc1-c1cc(Br)ccc1F. The number of benzene rings is 1. The first-order chi connectivity index (χ1) is 7.18. The van der Waals surface area contributed by atoms with E-state index in [4.69, 9.17) is 5.73 Å². The molecule has 0 spiro atoms. The number of hydrogen-bond acceptors (Lipinski definition) is 3. The molecule has 3 nitrogen and oxygen atoms in total. The Hall–Kier alpha value is -1.49. The molecular weight excluding hydrogens is 261 g/mol. The Morgan fingerprint density at radius 1 is 1.20 bits per heavy atom. The van der Waals surface area contributed by atoms with Crippen molar-refractivity contribution in [2.45, 2.75) is 0 Å². The zero-order valence-electron chi connectivity index (χ0n) is 7.61. The minimum absolute atomic E-state index is 0.217. The largest absolute Gasteiger partial charge is 0.382 e. The van der Waals surface area contributed by atoms with Gasteiger partial charge in [0.25, 0.3) is 0 Å². The second kappa shape index (κ2) is 3.94. The van der Waals surface area contributed by atoms with Gasteiger partial charge in [0.1, 0.15) is 17.3 Å². The van der Waals surface area contributed by atoms with Crippen molar-refractivity contribution in [3.63, 3.8) is 0 Å². The van der Waals surface area contributed by atoms with Crippen LogP contribution in [0.5, 0.6) is 0 Å². The highest BCUT2D eigenvalue weighted by Crippen LogP contribution is 2.27. The highest BCUT2D eigenvalue weighted by molar-refractivity contribution is 9.10. The van der Waals surface area contributed by atoms with Crippen LogP contribution in [0.4, 0.5) is 10.2 Å². The summed E-state index contributed by atoms with van der Waals surface area (Å²) in [6.07, 6.45) is 2.95. The van der Waals surface area contributed by atoms with Crippen LogP contribution in [0.25, 0.3) is 11.3 Å². The third kappa shape index (κ3) is 1.97. The summed E-state index contributed by atoms with van der Waals surface area (Å²) < 4.78 is 14.3. The van der Waals surface area contributed by atoms with Crippen molar-refractivity contribution >= 4 is 21.7 Å². The van der Waals surface area contributed by atoms with Crippen molar-refractivity contribution in [1.29, 1.82) is 0 Å². The van der Waals surface area contributed by atoms with Gasteiger partial charge >= 0.3 is 0 Å². The highest BCUT2D eigenvalue weighted by Gasteiger charge is 2.10. The molecule has 0 aliphatic carbocycles. The van der Waals surface area contributed by atoms with E-state index in [0.29, 0.717) is 11.3 Å². The van der Waals surface area contributed by atoms with Crippen molar-refractivity contribution in [2.24, 2.45) is 0 Å². The summed E-state index contributed by atoms with van der Waals surface area (Å²) in [6, 6.07) is 4.59. The Kier molecular flexibility index (Phi) is 2.64. The first kappa shape index (κ1) is 10.0. The molecule has 0 radical (unpaired) electrons. The standard InChI is InChI=1S/C10H7BrFN3/c11-6-1-2-8(12)7(5-6)9-10(13)15-4-3-14-9/h1-5H,(H2,13,15). The van der Waals surface area contributed by atoms with Crippen LogP contribution in [-0.2, 0) is 0 Å². The van der Waals surface area contributed by atoms with Gasteiger partial charge in [-0.15, -0.1) is 0 Å². The topological polar surface area (TPSA) is 51.8 Å². The van der Waals surface area contributed by atoms with Crippen molar-refractivity contribution in [1.82, 2.24) is 9.97 Å². The molecule has 15 heavy (non-hydrogen) atoms. The van der Waals surface area contributed by atoms with E-state index in [1.54, 1.807) is 12.1 Å². The van der Waals surface area contributed by atoms with Crippen LogP contribution in [0.15, 0.2) is 35.1 Å². The molecule has 0 fully saturated rings. The fraction of sp³-hybridized carbons (Fsp3) is 0. The van der Waals surface area contributed by atoms with Crippen molar-refractivity contribution in [3.05, 3.63) is 40.9 Å². The molecule has 1 heterocycles. The van der Waals surface area contributed by atoms with Gasteiger partial charge in [-0.25, -0.2) is 9.37 Å². The average Bonchev–Trinajstić information content (AvgIpc) is 2.23. The van der Waals surface area contributed by atoms with Crippen LogP contribution in [0.1, 0.15) is 0 Å². The van der Waals surface area contributed by atoms with E-state index in [-0.39, 0.29) is 11.6 Å². The first-order valence-electron chi connectivity index (χ1n) is 4.20. The molecule has 0 amide bonds. The Balaban J connectivity index is 2.64. The molecule has 2 rings (SSSR count). The monoisotopic (exact) mass is 267 g/mol. The third-order valence-electron chi connectivity index (χ3n) is 1.91. The third-order valence-corrected chi connectivity index (χ3v) is 2.40. The molecular formula is C10H7BrFN3. The number of rotatable bonds is 1. The number of nitrogens with two attached hydrogens (primary N) is 1. The minimum Gasteiger partial charge on any atom is -0.382 e. The Labute approximate surface area is 94.3 Å². The molecule has 2 N–H and O–H groups in total. The van der Waals surface area contributed by atoms with E-state index in [9.17, 15) is 4.39 Å². The zero-order chi connectivity index (χ0) is 10.8. The van der Waals surface area contributed by atoms with Crippen LogP contribution in [0.2, 0.25) is 0 Å². The Bertz CT molecular complexity index is 502. The van der Waals surface area contributed by atoms with Gasteiger partial charge < -0.3 is 5.73 Å². The lowest BCUT2D eigenvalue weighted by molar-refractivity contribution is 0.630. The average molecular weight is 268 g/mol. The summed E-state index contributed by atoms with van der Waals surface area (Å²) >= 11 is 3.26. The lowest BCUT2D eigenvalue weighted by Crippen LogP contribution is -1.97. The number of halogens is 2. The second-order valence-electron chi connectivity index (χ2n) is 2.91. The van der Waals surface area contributed by atoms with E-state index in [1.807, 2.05) is 0 Å². The molecule has 5 heteroatoms. The van der Waals surface area contributed by atoms with E-state index in [0.717, 1.165) is 4.47 Å². The smallest absolute Gasteiger partial charge is 0.150 e. The zero-order valence-corrected chi connectivity index (χ0v) is 9.20. The number of anilines is 1. The summed E-state index contributed by atoms with van der Waals surface area (Å²) in [5, 5.41) is 0. The van der Waals surface area contributed by atoms with E-state index < -0.39 is 0 Å². The fourth-order valence-corrected chi connectivity index (χ4v) is 1.60. The van der Waals surface area contributed by atoms with Gasteiger partial charge in [0.15, 0.2) is 0 Å². The summed E-state index contributed by atoms with van der Waals surface area (Å²) in [5.74, 6) is -0.153. The summed E-state index contributed by atoms with van der Waals surface area (Å²) in [7, 11) is 0. The number of hydrogen-bond donors (Lipinski definition) is 1. The predicted molar refractivity (Wildman–Crippen MR) is 59.5 cm³/mol. The van der Waals surface area contributed by atoms with Crippen LogP contribution in [0.3, 0.4) is 0 Å². The molecule has 0 unspecified atom stereocenters. The van der Waals surface area contributed by atoms with Crippen LogP contribution >= 0.6 is 15.9 Å². The summed E-state index contributed by atoms with van der Waals surface area (Å²) in [5.41, 5.74) is 6.32. The molecule has 1 aromatic heterocycles. The van der Waals surface area contributed by atoms with Gasteiger partial charge in [0, 0.05) is 22.4 Å². The maximum atomic E-state index is 13.5. The Morgan fingerprint density at radius 3 is 2.67 bits per heavy atom. The number of nitrogen functional groups attached to an aromatic ring is 1. The van der Waals surface area contributed by atoms with Crippen LogP contribution in [-0.4, -0.2) is 9.97 Å². The fourth-order valence-electron chi connectivity index (χ4n) is 1.24. The second-order valence-corrected chi connectivity index (χ2v) is 3.83. The van der Waals surface area contributed by atoms with Crippen LogP contribution in [0, 0.1) is 5.82 Å². The van der Waals surface area contributed by atoms with Crippen LogP contribution < -0.4 is 5.73 Å². The van der Waals surface area contributed by atoms with Crippen molar-refractivity contribution in [3.8, 4) is 11.3 Å². The lowest BCUT2D eigenvalue weighted by Gasteiger charge is -2.04. The molecule has 1 aromatic carbocycles. The van der Waals surface area contributed by atoms with Crippen molar-refractivity contribution in [2.75, 3.05) is 5.73 Å². The summed E-state index contributed by atoms with van der Waals surface area (Å²) in [6.45, 7) is 0. The van der Waals surface area contributed by atoms with Gasteiger partial charge in [-0.3, -0.25) is 4.98 Å². The van der Waals surface area contributed by atoms with E-state index in [1.165, 1.54) is 18.5 Å². The van der Waals surface area contributed by atoms with E-state index >= 15 is 0 Å². The van der Waals surface area contributed by atoms with Gasteiger partial charge in [-0.2, -0.15) is 0 Å². The molecule has 0 saturated heterocycles. The molecule has 0 saturated carbocycles. The molecule has 0 aliphatic heterocycles. The number of aromatic nitrogens is 2. The predicted octanol–water partition coefficient (Wildman–Crippen LogP) is 2.63. The quantitative estimate of drug-likeness (QED) is 0.864. The number of nitrogens with zero attached hydrogens (tertiary/aromatic N) is 2. The molecule has 0 aliphatic rings. The van der Waals surface area contributed by atoms with Crippen molar-refractivity contribution < 1.29 is 4.39 Å².